The molecule has 119 heavy (non-hydrogen) atoms. The molecule has 0 atom stereocenters. The second-order valence-corrected chi connectivity index (χ2v) is 47.0. The molecule has 16 rings (SSSR count). The van der Waals surface area contributed by atoms with Gasteiger partial charge in [-0.15, -0.1) is 0 Å². The van der Waals surface area contributed by atoms with Gasteiger partial charge in [-0.25, -0.2) is 0 Å². The topological polar surface area (TPSA) is 72.9 Å². The van der Waals surface area contributed by atoms with E-state index in [1.807, 2.05) is 0 Å². The van der Waals surface area contributed by atoms with E-state index in [0.717, 1.165) is 230 Å². The van der Waals surface area contributed by atoms with Gasteiger partial charge in [0.25, 0.3) is 0 Å². The molecule has 0 amide bonds. The Morgan fingerprint density at radius 2 is 0.571 bits per heavy atom. The maximum atomic E-state index is 16.4. The van der Waals surface area contributed by atoms with Crippen LogP contribution in [0.4, 0.5) is 11.4 Å². The molecule has 0 saturated heterocycles. The van der Waals surface area contributed by atoms with Crippen LogP contribution in [0.2, 0.25) is 0 Å². The van der Waals surface area contributed by atoms with Crippen molar-refractivity contribution in [3.8, 4) is 67.2 Å². The summed E-state index contributed by atoms with van der Waals surface area (Å²) in [5.41, 5.74) is 27.1. The zero-order valence-electron chi connectivity index (χ0n) is 68.9. The van der Waals surface area contributed by atoms with Crippen molar-refractivity contribution in [3.05, 3.63) is 406 Å². The van der Waals surface area contributed by atoms with Crippen LogP contribution >= 0.6 is 16.5 Å². The Morgan fingerprint density at radius 1 is 0.294 bits per heavy atom. The van der Waals surface area contributed by atoms with Crippen molar-refractivity contribution in [2.45, 2.75) is 55.4 Å². The second-order valence-electron chi connectivity index (χ2n) is 29.7. The van der Waals surface area contributed by atoms with E-state index in [4.69, 9.17) is 8.83 Å². The zero-order chi connectivity index (χ0) is 81.9. The molecule has 0 bridgehead atoms. The predicted octanol–water partition coefficient (Wildman–Crippen LogP) is 25.7. The van der Waals surface area contributed by atoms with E-state index in [2.05, 4.69) is 414 Å². The van der Waals surface area contributed by atoms with Crippen LogP contribution in [0.15, 0.2) is 349 Å². The van der Waals surface area contributed by atoms with E-state index in [0.29, 0.717) is 11.1 Å². The quantitative estimate of drug-likeness (QED) is 0.0230. The minimum atomic E-state index is -2.76. The molecule has 4 aliphatic rings. The van der Waals surface area contributed by atoms with Crippen molar-refractivity contribution >= 4 is 82.3 Å². The Hall–Kier alpha value is -11.9. The zero-order valence-corrected chi connectivity index (χ0v) is 76.1. The molecule has 0 unspecified atom stereocenters. The molecule has 0 saturated carbocycles. The number of nitrogens with zero attached hydrogens (tertiary/aromatic N) is 4. The van der Waals surface area contributed by atoms with Crippen LogP contribution in [-0.2, 0) is 21.5 Å². The third kappa shape index (κ3) is 17.0. The number of carbonyl (C=O) groups excluding carboxylic acids is 2. The SMILES string of the molecule is CCN(CC)c1ccc2c(-c3ccc(-c4ccc(C(=C(c5ccccc5)c5ccccc5)c5ccccc5)cc4)cc3C(=O)[S][Hg][S]C(=O)c3cc(-c4ccc(C(=C(c5ccccc5)c5ccccc5)c5ccccc5)cc4)ccc3-c3c4ccc(=[N+](CC)CC)cc-4oc4cc(N(CC)CC)ccc34)c3ccc(=[N+](CC)CC)cc-3oc2c1. The fraction of sp³-hybridized carbons (Fsp3) is 0.148. The van der Waals surface area contributed by atoms with Crippen LogP contribution in [0.5, 0.6) is 0 Å². The van der Waals surface area contributed by atoms with E-state index in [-0.39, 0.29) is 10.2 Å². The third-order valence-corrected chi connectivity index (χ3v) is 39.4. The molecule has 12 aromatic rings. The van der Waals surface area contributed by atoms with Gasteiger partial charge in [-0.1, -0.05) is 158 Å². The molecule has 0 aromatic heterocycles. The normalized spacial score (nSPS) is 11.2. The van der Waals surface area contributed by atoms with Crippen molar-refractivity contribution < 1.29 is 40.0 Å². The summed E-state index contributed by atoms with van der Waals surface area (Å²) in [6.45, 7) is 24.1. The first-order valence-electron chi connectivity index (χ1n) is 41.8. The molecule has 584 valence electrons. The Labute approximate surface area is 716 Å². The van der Waals surface area contributed by atoms with Gasteiger partial charge in [0.15, 0.2) is 0 Å². The van der Waals surface area contributed by atoms with Gasteiger partial charge in [0, 0.05) is 0 Å². The minimum absolute atomic E-state index is 0.0675. The van der Waals surface area contributed by atoms with Crippen LogP contribution in [0.25, 0.3) is 111 Å². The molecule has 12 aromatic carbocycles. The Bertz CT molecular complexity index is 6010. The average molecular weight is 1780 g/mol. The first-order valence-corrected chi connectivity index (χ1v) is 57.3. The average Bonchev–Trinajstić information content (AvgIpc) is 0.743. The molecule has 8 nitrogen and oxygen atoms in total. The summed E-state index contributed by atoms with van der Waals surface area (Å²) in [7, 11) is 2.77. The van der Waals surface area contributed by atoms with Crippen LogP contribution in [0.3, 0.4) is 0 Å². The molecule has 11 heteroatoms. The van der Waals surface area contributed by atoms with Crippen LogP contribution < -0.4 is 29.7 Å². The van der Waals surface area contributed by atoms with Gasteiger partial charge in [-0.2, -0.15) is 0 Å². The summed E-state index contributed by atoms with van der Waals surface area (Å²) in [5.74, 6) is 1.47. The number of hydrogen-bond acceptors (Lipinski definition) is 8. The number of carbonyl (C=O) groups is 2. The van der Waals surface area contributed by atoms with Gasteiger partial charge >= 0.3 is 564 Å². The van der Waals surface area contributed by atoms with Crippen LogP contribution in [0, 0.1) is 0 Å². The predicted molar refractivity (Wildman–Crippen MR) is 500 cm³/mol. The number of hydrogen-bond donors (Lipinski definition) is 0. The second kappa shape index (κ2) is 37.4. The van der Waals surface area contributed by atoms with Gasteiger partial charge in [-0.05, 0) is 0 Å². The number of rotatable bonds is 26. The molecule has 0 N–H and O–H groups in total. The molecule has 2 heterocycles. The molecule has 0 fully saturated rings. The first kappa shape index (κ1) is 80.8. The van der Waals surface area contributed by atoms with Crippen molar-refractivity contribution in [1.29, 1.82) is 0 Å². The van der Waals surface area contributed by atoms with Gasteiger partial charge in [0.05, 0.1) is 0 Å². The summed E-state index contributed by atoms with van der Waals surface area (Å²) in [4.78, 5) is 37.4. The van der Waals surface area contributed by atoms with Crippen molar-refractivity contribution in [2.75, 3.05) is 62.2 Å². The standard InChI is InChI=1S/2C54H48N2O2S.Hg/c2*1-5-55(6-2)43-29-32-46-49(35-43)58-50-36-44(56(7-3)8-4)30-33-47(50)53(46)45-31-28-42(34-48(45)54(57)59)37-24-26-41(27-25-37)52(40-22-16-11-17-23-40)51(38-18-12-9-13-19-38)39-20-14-10-15-21-39;/h2*9-36H,5-8H2,1-4H3;/q;;+2. The summed E-state index contributed by atoms with van der Waals surface area (Å²) in [5, 5.41) is 3.81. The Balaban J connectivity index is 0.841. The molecule has 2 aliphatic carbocycles. The summed E-state index contributed by atoms with van der Waals surface area (Å²) >= 11 is -2.76. The third-order valence-electron chi connectivity index (χ3n) is 23.2. The van der Waals surface area contributed by atoms with Gasteiger partial charge < -0.3 is 0 Å². The van der Waals surface area contributed by atoms with E-state index < -0.39 is 21.5 Å². The number of anilines is 2. The molecular weight excluding hydrogens is 1680 g/mol. The van der Waals surface area contributed by atoms with E-state index in [9.17, 15) is 0 Å². The number of benzene rings is 14. The van der Waals surface area contributed by atoms with Gasteiger partial charge in [0.1, 0.15) is 0 Å². The van der Waals surface area contributed by atoms with Crippen LogP contribution in [0.1, 0.15) is 121 Å². The molecular formula is C108H96HgN4O4S2+2. The van der Waals surface area contributed by atoms with Crippen molar-refractivity contribution in [2.24, 2.45) is 0 Å². The summed E-state index contributed by atoms with van der Waals surface area (Å²) < 4.78 is 18.8. The Morgan fingerprint density at radius 3 is 0.857 bits per heavy atom. The van der Waals surface area contributed by atoms with Crippen molar-refractivity contribution in [1.82, 2.24) is 9.15 Å². The van der Waals surface area contributed by atoms with Gasteiger partial charge in [-0.3, -0.25) is 0 Å². The summed E-state index contributed by atoms with van der Waals surface area (Å²) in [6.07, 6.45) is 0. The van der Waals surface area contributed by atoms with Crippen molar-refractivity contribution in [3.63, 3.8) is 0 Å². The van der Waals surface area contributed by atoms with Crippen LogP contribution in [-0.4, -0.2) is 62.6 Å². The number of fused-ring (bicyclic) bond motifs is 4. The fourth-order valence-electron chi connectivity index (χ4n) is 17.1. The first-order chi connectivity index (χ1) is 58.5. The molecule has 2 aliphatic heterocycles. The maximum absolute atomic E-state index is 16.4. The van der Waals surface area contributed by atoms with E-state index in [1.54, 1.807) is 0 Å². The fourth-order valence-corrected chi connectivity index (χ4v) is 32.0. The van der Waals surface area contributed by atoms with Gasteiger partial charge in [0.2, 0.25) is 0 Å². The van der Waals surface area contributed by atoms with E-state index in [1.165, 1.54) is 16.5 Å². The molecule has 0 spiro atoms. The Kier molecular flexibility index (Phi) is 25.4. The molecule has 0 radical (unpaired) electrons. The van der Waals surface area contributed by atoms with E-state index >= 15 is 9.59 Å². The summed E-state index contributed by atoms with van der Waals surface area (Å²) in [6, 6.07) is 121. The monoisotopic (exact) mass is 1780 g/mol.